The molecule has 0 saturated carbocycles. The lowest BCUT2D eigenvalue weighted by Gasteiger charge is -2.17. The SMILES string of the molecule is Cc1ccc(SCC(=O)N(C)Cc2ccc(OC(F)F)cc2)c(C)c1. The first kappa shape index (κ1) is 19.2. The van der Waals surface area contributed by atoms with Crippen LogP contribution in [0.25, 0.3) is 0 Å². The fourth-order valence-electron chi connectivity index (χ4n) is 2.35. The zero-order valence-corrected chi connectivity index (χ0v) is 15.3. The van der Waals surface area contributed by atoms with Crippen LogP contribution in [-0.2, 0) is 11.3 Å². The highest BCUT2D eigenvalue weighted by atomic mass is 32.2. The monoisotopic (exact) mass is 365 g/mol. The Bertz CT molecular complexity index is 720. The maximum atomic E-state index is 12.3. The lowest BCUT2D eigenvalue weighted by Crippen LogP contribution is -2.27. The summed E-state index contributed by atoms with van der Waals surface area (Å²) in [4.78, 5) is 15.0. The van der Waals surface area contributed by atoms with Crippen LogP contribution < -0.4 is 4.74 Å². The Morgan fingerprint density at radius 1 is 1.16 bits per heavy atom. The van der Waals surface area contributed by atoms with Crippen molar-refractivity contribution in [3.63, 3.8) is 0 Å². The number of nitrogens with zero attached hydrogens (tertiary/aromatic N) is 1. The van der Waals surface area contributed by atoms with Crippen LogP contribution in [0.15, 0.2) is 47.4 Å². The van der Waals surface area contributed by atoms with Crippen LogP contribution in [0.2, 0.25) is 0 Å². The smallest absolute Gasteiger partial charge is 0.387 e. The summed E-state index contributed by atoms with van der Waals surface area (Å²) >= 11 is 1.52. The topological polar surface area (TPSA) is 29.5 Å². The molecule has 0 atom stereocenters. The summed E-state index contributed by atoms with van der Waals surface area (Å²) in [6.45, 7) is 1.66. The van der Waals surface area contributed by atoms with Gasteiger partial charge in [0.2, 0.25) is 5.91 Å². The van der Waals surface area contributed by atoms with Crippen molar-refractivity contribution in [2.45, 2.75) is 31.9 Å². The van der Waals surface area contributed by atoms with E-state index in [4.69, 9.17) is 0 Å². The number of aryl methyl sites for hydroxylation is 2. The molecule has 0 spiro atoms. The quantitative estimate of drug-likeness (QED) is 0.669. The molecule has 6 heteroatoms. The number of thioether (sulfide) groups is 1. The lowest BCUT2D eigenvalue weighted by atomic mass is 10.2. The Hall–Kier alpha value is -2.08. The third kappa shape index (κ3) is 6.05. The van der Waals surface area contributed by atoms with Gasteiger partial charge in [-0.3, -0.25) is 4.79 Å². The van der Waals surface area contributed by atoms with Gasteiger partial charge in [-0.15, -0.1) is 11.8 Å². The van der Waals surface area contributed by atoms with Gasteiger partial charge in [0, 0.05) is 18.5 Å². The number of hydrogen-bond donors (Lipinski definition) is 0. The van der Waals surface area contributed by atoms with Crippen molar-refractivity contribution in [3.8, 4) is 5.75 Å². The van der Waals surface area contributed by atoms with Gasteiger partial charge < -0.3 is 9.64 Å². The first-order chi connectivity index (χ1) is 11.8. The van der Waals surface area contributed by atoms with Gasteiger partial charge in [-0.05, 0) is 43.2 Å². The second-order valence-corrected chi connectivity index (χ2v) is 6.85. The van der Waals surface area contributed by atoms with Crippen molar-refractivity contribution < 1.29 is 18.3 Å². The van der Waals surface area contributed by atoms with Gasteiger partial charge in [-0.25, -0.2) is 0 Å². The number of halogens is 2. The molecule has 0 aliphatic heterocycles. The highest BCUT2D eigenvalue weighted by molar-refractivity contribution is 8.00. The van der Waals surface area contributed by atoms with Gasteiger partial charge in [0.1, 0.15) is 5.75 Å². The molecule has 2 aromatic carbocycles. The van der Waals surface area contributed by atoms with Crippen LogP contribution in [0, 0.1) is 13.8 Å². The third-order valence-corrected chi connectivity index (χ3v) is 4.84. The second kappa shape index (κ2) is 8.85. The number of alkyl halides is 2. The number of carbonyl (C=O) groups excluding carboxylic acids is 1. The van der Waals surface area contributed by atoms with Crippen LogP contribution in [0.4, 0.5) is 8.78 Å². The predicted octanol–water partition coefficient (Wildman–Crippen LogP) is 4.66. The van der Waals surface area contributed by atoms with Gasteiger partial charge in [0.05, 0.1) is 5.75 Å². The van der Waals surface area contributed by atoms with Gasteiger partial charge in [0.15, 0.2) is 0 Å². The molecule has 0 bridgehead atoms. The van der Waals surface area contributed by atoms with E-state index in [0.29, 0.717) is 12.3 Å². The van der Waals surface area contributed by atoms with E-state index >= 15 is 0 Å². The largest absolute Gasteiger partial charge is 0.435 e. The van der Waals surface area contributed by atoms with Crippen molar-refractivity contribution in [3.05, 3.63) is 59.2 Å². The van der Waals surface area contributed by atoms with Gasteiger partial charge >= 0.3 is 6.61 Å². The Morgan fingerprint density at radius 2 is 1.84 bits per heavy atom. The molecule has 0 aliphatic rings. The Balaban J connectivity index is 1.87. The van der Waals surface area contributed by atoms with E-state index in [0.717, 1.165) is 16.0 Å². The molecule has 3 nitrogen and oxygen atoms in total. The summed E-state index contributed by atoms with van der Waals surface area (Å²) in [5.41, 5.74) is 3.22. The predicted molar refractivity (Wildman–Crippen MR) is 96.2 cm³/mol. The number of amides is 1. The standard InChI is InChI=1S/C19H21F2NO2S/c1-13-4-9-17(14(2)10-13)25-12-18(23)22(3)11-15-5-7-16(8-6-15)24-19(20)21/h4-10,19H,11-12H2,1-3H3. The van der Waals surface area contributed by atoms with Crippen LogP contribution in [0.3, 0.4) is 0 Å². The normalized spacial score (nSPS) is 10.8. The highest BCUT2D eigenvalue weighted by Gasteiger charge is 2.11. The fourth-order valence-corrected chi connectivity index (χ4v) is 3.30. The molecule has 134 valence electrons. The molecule has 25 heavy (non-hydrogen) atoms. The zero-order valence-electron chi connectivity index (χ0n) is 14.5. The van der Waals surface area contributed by atoms with Crippen LogP contribution in [-0.4, -0.2) is 30.2 Å². The molecule has 0 aliphatic carbocycles. The van der Waals surface area contributed by atoms with Gasteiger partial charge in [-0.1, -0.05) is 29.8 Å². The van der Waals surface area contributed by atoms with E-state index in [1.165, 1.54) is 29.5 Å². The molecular weight excluding hydrogens is 344 g/mol. The number of rotatable bonds is 7. The van der Waals surface area contributed by atoms with E-state index in [1.54, 1.807) is 24.1 Å². The highest BCUT2D eigenvalue weighted by Crippen LogP contribution is 2.23. The van der Waals surface area contributed by atoms with Gasteiger partial charge in [0.25, 0.3) is 0 Å². The van der Waals surface area contributed by atoms with Gasteiger partial charge in [-0.2, -0.15) is 8.78 Å². The van der Waals surface area contributed by atoms with Crippen molar-refractivity contribution in [2.75, 3.05) is 12.8 Å². The third-order valence-electron chi connectivity index (χ3n) is 3.68. The molecule has 0 fully saturated rings. The van der Waals surface area contributed by atoms with Crippen molar-refractivity contribution >= 4 is 17.7 Å². The van der Waals surface area contributed by atoms with E-state index in [-0.39, 0.29) is 11.7 Å². The first-order valence-electron chi connectivity index (χ1n) is 7.83. The molecule has 0 unspecified atom stereocenters. The molecular formula is C19H21F2NO2S. The number of hydrogen-bond acceptors (Lipinski definition) is 3. The minimum absolute atomic E-state index is 0.0119. The molecule has 2 rings (SSSR count). The van der Waals surface area contributed by atoms with Crippen molar-refractivity contribution in [2.24, 2.45) is 0 Å². The molecule has 1 amide bonds. The summed E-state index contributed by atoms with van der Waals surface area (Å²) in [7, 11) is 1.73. The average Bonchev–Trinajstić information content (AvgIpc) is 2.55. The average molecular weight is 365 g/mol. The minimum Gasteiger partial charge on any atom is -0.435 e. The van der Waals surface area contributed by atoms with E-state index < -0.39 is 6.61 Å². The maximum Gasteiger partial charge on any atom is 0.387 e. The van der Waals surface area contributed by atoms with Crippen LogP contribution in [0.5, 0.6) is 5.75 Å². The molecule has 0 heterocycles. The maximum absolute atomic E-state index is 12.3. The molecule has 0 saturated heterocycles. The molecule has 0 aromatic heterocycles. The summed E-state index contributed by atoms with van der Waals surface area (Å²) in [6, 6.07) is 12.5. The molecule has 2 aromatic rings. The van der Waals surface area contributed by atoms with Crippen LogP contribution in [0.1, 0.15) is 16.7 Å². The zero-order chi connectivity index (χ0) is 18.4. The summed E-state index contributed by atoms with van der Waals surface area (Å²) in [5.74, 6) is 0.475. The summed E-state index contributed by atoms with van der Waals surface area (Å²) in [6.07, 6.45) is 0. The Morgan fingerprint density at radius 3 is 2.44 bits per heavy atom. The number of benzene rings is 2. The van der Waals surface area contributed by atoms with E-state index in [1.807, 2.05) is 26.0 Å². The molecule has 0 N–H and O–H groups in total. The van der Waals surface area contributed by atoms with Crippen molar-refractivity contribution in [1.82, 2.24) is 4.90 Å². The summed E-state index contributed by atoms with van der Waals surface area (Å²) in [5, 5.41) is 0. The van der Waals surface area contributed by atoms with Crippen molar-refractivity contribution in [1.29, 1.82) is 0 Å². The lowest BCUT2D eigenvalue weighted by molar-refractivity contribution is -0.127. The van der Waals surface area contributed by atoms with Crippen LogP contribution >= 0.6 is 11.8 Å². The molecule has 0 radical (unpaired) electrons. The van der Waals surface area contributed by atoms with E-state index in [9.17, 15) is 13.6 Å². The minimum atomic E-state index is -2.84. The van der Waals surface area contributed by atoms with E-state index in [2.05, 4.69) is 10.8 Å². The number of carbonyl (C=O) groups is 1. The fraction of sp³-hybridized carbons (Fsp3) is 0.316. The Kier molecular flexibility index (Phi) is 6.82. The second-order valence-electron chi connectivity index (χ2n) is 5.83. The Labute approximate surface area is 151 Å². The first-order valence-corrected chi connectivity index (χ1v) is 8.81. The number of ether oxygens (including phenoxy) is 1. The summed E-state index contributed by atoms with van der Waals surface area (Å²) < 4.78 is 28.6.